The Kier molecular flexibility index (Phi) is 5.91. The van der Waals surface area contributed by atoms with E-state index in [-0.39, 0.29) is 11.2 Å². The van der Waals surface area contributed by atoms with Crippen LogP contribution in [0.3, 0.4) is 0 Å². The molecule has 0 saturated carbocycles. The largest absolute Gasteiger partial charge is 0.493 e. The number of amides is 1. The highest BCUT2D eigenvalue weighted by Crippen LogP contribution is 2.40. The maximum absolute atomic E-state index is 12.8. The summed E-state index contributed by atoms with van der Waals surface area (Å²) in [6, 6.07) is 5.33. The van der Waals surface area contributed by atoms with Crippen molar-refractivity contribution in [3.63, 3.8) is 0 Å². The number of anilines is 1. The minimum Gasteiger partial charge on any atom is -0.493 e. The van der Waals surface area contributed by atoms with Crippen molar-refractivity contribution in [1.82, 2.24) is 9.97 Å². The summed E-state index contributed by atoms with van der Waals surface area (Å²) >= 11 is 3.25. The number of carbonyl (C=O) groups is 1. The Balaban J connectivity index is 1.53. The maximum atomic E-state index is 12.8. The molecular weight excluding hydrogens is 406 g/mol. The van der Waals surface area contributed by atoms with Gasteiger partial charge in [0, 0.05) is 22.0 Å². The number of nitrogens with one attached hydrogen (secondary N) is 1. The highest BCUT2D eigenvalue weighted by Gasteiger charge is 2.23. The number of benzene rings is 1. The molecule has 1 aliphatic rings. The van der Waals surface area contributed by atoms with Crippen molar-refractivity contribution in [2.24, 2.45) is 0 Å². The van der Waals surface area contributed by atoms with Gasteiger partial charge in [-0.25, -0.2) is 9.97 Å². The van der Waals surface area contributed by atoms with Crippen LogP contribution in [0.15, 0.2) is 29.6 Å². The average molecular weight is 430 g/mol. The topological polar surface area (TPSA) is 73.3 Å². The van der Waals surface area contributed by atoms with E-state index in [2.05, 4.69) is 15.3 Å². The van der Waals surface area contributed by atoms with E-state index in [1.165, 1.54) is 35.0 Å². The SMILES string of the molecule is COc1ccc(NC(=O)C(C)Sc2ncnc3sc4c(c23)CCCC4)cc1OC. The Morgan fingerprint density at radius 3 is 2.76 bits per heavy atom. The monoisotopic (exact) mass is 429 g/mol. The molecule has 1 N–H and O–H groups in total. The van der Waals surface area contributed by atoms with Crippen LogP contribution in [0, 0.1) is 0 Å². The molecular formula is C21H23N3O3S2. The smallest absolute Gasteiger partial charge is 0.237 e. The number of fused-ring (bicyclic) bond motifs is 3. The van der Waals surface area contributed by atoms with Gasteiger partial charge in [0.15, 0.2) is 11.5 Å². The lowest BCUT2D eigenvalue weighted by molar-refractivity contribution is -0.115. The highest BCUT2D eigenvalue weighted by molar-refractivity contribution is 8.00. The fraction of sp³-hybridized carbons (Fsp3) is 0.381. The first-order valence-corrected chi connectivity index (χ1v) is 11.2. The number of hydrogen-bond acceptors (Lipinski definition) is 7. The first-order chi connectivity index (χ1) is 14.1. The van der Waals surface area contributed by atoms with E-state index in [9.17, 15) is 4.79 Å². The summed E-state index contributed by atoms with van der Waals surface area (Å²) in [6.45, 7) is 1.90. The predicted molar refractivity (Wildman–Crippen MR) is 118 cm³/mol. The molecule has 0 radical (unpaired) electrons. The Morgan fingerprint density at radius 2 is 1.97 bits per heavy atom. The van der Waals surface area contributed by atoms with E-state index in [4.69, 9.17) is 9.47 Å². The number of nitrogens with zero attached hydrogens (tertiary/aromatic N) is 2. The molecule has 1 amide bonds. The van der Waals surface area contributed by atoms with Crippen molar-refractivity contribution in [3.8, 4) is 11.5 Å². The van der Waals surface area contributed by atoms with Gasteiger partial charge in [0.25, 0.3) is 0 Å². The second kappa shape index (κ2) is 8.59. The molecule has 0 fully saturated rings. The van der Waals surface area contributed by atoms with E-state index < -0.39 is 0 Å². The second-order valence-corrected chi connectivity index (χ2v) is 9.30. The first kappa shape index (κ1) is 20.0. The van der Waals surface area contributed by atoms with Gasteiger partial charge in [-0.3, -0.25) is 4.79 Å². The highest BCUT2D eigenvalue weighted by atomic mass is 32.2. The van der Waals surface area contributed by atoms with Gasteiger partial charge in [-0.05, 0) is 50.3 Å². The van der Waals surface area contributed by atoms with Gasteiger partial charge in [-0.2, -0.15) is 0 Å². The fourth-order valence-corrected chi connectivity index (χ4v) is 5.77. The fourth-order valence-electron chi connectivity index (χ4n) is 3.53. The van der Waals surface area contributed by atoms with Crippen LogP contribution < -0.4 is 14.8 Å². The van der Waals surface area contributed by atoms with E-state index in [0.717, 1.165) is 28.1 Å². The molecule has 0 saturated heterocycles. The van der Waals surface area contributed by atoms with Crippen LogP contribution in [0.4, 0.5) is 5.69 Å². The summed E-state index contributed by atoms with van der Waals surface area (Å²) in [6.07, 6.45) is 6.23. The quantitative estimate of drug-likeness (QED) is 0.452. The summed E-state index contributed by atoms with van der Waals surface area (Å²) in [5.74, 6) is 1.12. The molecule has 3 aromatic rings. The Bertz CT molecular complexity index is 1050. The zero-order valence-corrected chi connectivity index (χ0v) is 18.3. The van der Waals surface area contributed by atoms with Crippen LogP contribution in [-0.2, 0) is 17.6 Å². The Morgan fingerprint density at radius 1 is 1.17 bits per heavy atom. The van der Waals surface area contributed by atoms with E-state index >= 15 is 0 Å². The minimum atomic E-state index is -0.305. The molecule has 0 bridgehead atoms. The molecule has 1 atom stereocenters. The molecule has 0 aliphatic heterocycles. The van der Waals surface area contributed by atoms with Gasteiger partial charge >= 0.3 is 0 Å². The number of hydrogen-bond donors (Lipinski definition) is 1. The average Bonchev–Trinajstić information content (AvgIpc) is 3.13. The molecule has 1 aromatic carbocycles. The molecule has 2 heterocycles. The molecule has 1 unspecified atom stereocenters. The van der Waals surface area contributed by atoms with Gasteiger partial charge in [0.05, 0.1) is 19.5 Å². The van der Waals surface area contributed by atoms with Crippen molar-refractivity contribution in [1.29, 1.82) is 0 Å². The Hall–Kier alpha value is -2.32. The van der Waals surface area contributed by atoms with E-state index in [1.54, 1.807) is 50.1 Å². The number of ether oxygens (including phenoxy) is 2. The normalized spacial score (nSPS) is 14.3. The first-order valence-electron chi connectivity index (χ1n) is 9.55. The molecule has 6 nitrogen and oxygen atoms in total. The minimum absolute atomic E-state index is 0.0851. The van der Waals surface area contributed by atoms with Crippen LogP contribution in [0.25, 0.3) is 10.2 Å². The Labute approximate surface area is 178 Å². The summed E-state index contributed by atoms with van der Waals surface area (Å²) in [4.78, 5) is 24.2. The molecule has 2 aromatic heterocycles. The standard InChI is InChI=1S/C21H23N3O3S2/c1-12(19(25)24-13-8-9-15(26-2)16(10-13)27-3)28-20-18-14-6-4-5-7-17(14)29-21(18)23-11-22-20/h8-12H,4-7H2,1-3H3,(H,24,25). The van der Waals surface area contributed by atoms with Gasteiger partial charge in [0.1, 0.15) is 16.2 Å². The van der Waals surface area contributed by atoms with Gasteiger partial charge < -0.3 is 14.8 Å². The zero-order chi connectivity index (χ0) is 20.4. The molecule has 4 rings (SSSR count). The lowest BCUT2D eigenvalue weighted by Crippen LogP contribution is -2.22. The number of aromatic nitrogens is 2. The summed E-state index contributed by atoms with van der Waals surface area (Å²) < 4.78 is 10.6. The van der Waals surface area contributed by atoms with Crippen molar-refractivity contribution in [2.45, 2.75) is 42.9 Å². The third-order valence-corrected chi connectivity index (χ3v) is 7.33. The third-order valence-electron chi connectivity index (χ3n) is 5.03. The van der Waals surface area contributed by atoms with Gasteiger partial charge in [-0.1, -0.05) is 11.8 Å². The summed E-state index contributed by atoms with van der Waals surface area (Å²) in [7, 11) is 3.16. The molecule has 29 heavy (non-hydrogen) atoms. The molecule has 1 aliphatic carbocycles. The van der Waals surface area contributed by atoms with Crippen molar-refractivity contribution < 1.29 is 14.3 Å². The van der Waals surface area contributed by atoms with Gasteiger partial charge in [0.2, 0.25) is 5.91 Å². The van der Waals surface area contributed by atoms with E-state index in [1.807, 2.05) is 6.92 Å². The van der Waals surface area contributed by atoms with Crippen LogP contribution in [-0.4, -0.2) is 35.3 Å². The second-order valence-electron chi connectivity index (χ2n) is 6.89. The molecule has 0 spiro atoms. The predicted octanol–water partition coefficient (Wildman–Crippen LogP) is 4.71. The summed E-state index contributed by atoms with van der Waals surface area (Å²) in [5.41, 5.74) is 2.05. The number of thioether (sulfide) groups is 1. The van der Waals surface area contributed by atoms with Crippen molar-refractivity contribution in [3.05, 3.63) is 35.0 Å². The lowest BCUT2D eigenvalue weighted by Gasteiger charge is -2.15. The lowest BCUT2D eigenvalue weighted by atomic mass is 9.97. The maximum Gasteiger partial charge on any atom is 0.237 e. The van der Waals surface area contributed by atoms with Crippen LogP contribution in [0.1, 0.15) is 30.2 Å². The summed E-state index contributed by atoms with van der Waals surface area (Å²) in [5, 5.41) is 4.69. The third kappa shape index (κ3) is 4.04. The molecule has 8 heteroatoms. The van der Waals surface area contributed by atoms with Gasteiger partial charge in [-0.15, -0.1) is 11.3 Å². The zero-order valence-electron chi connectivity index (χ0n) is 16.7. The number of thiophene rings is 1. The number of rotatable bonds is 6. The van der Waals surface area contributed by atoms with Crippen molar-refractivity contribution >= 4 is 44.9 Å². The number of methoxy groups -OCH3 is 2. The van der Waals surface area contributed by atoms with E-state index in [0.29, 0.717) is 17.2 Å². The van der Waals surface area contributed by atoms with Crippen LogP contribution in [0.5, 0.6) is 11.5 Å². The number of aryl methyl sites for hydroxylation is 2. The van der Waals surface area contributed by atoms with Crippen LogP contribution >= 0.6 is 23.1 Å². The van der Waals surface area contributed by atoms with Crippen LogP contribution in [0.2, 0.25) is 0 Å². The number of carbonyl (C=O) groups excluding carboxylic acids is 1. The van der Waals surface area contributed by atoms with Crippen molar-refractivity contribution in [2.75, 3.05) is 19.5 Å². The molecule has 152 valence electrons.